The van der Waals surface area contributed by atoms with Crippen LogP contribution in [0.25, 0.3) is 10.2 Å². The van der Waals surface area contributed by atoms with Crippen LogP contribution in [0.3, 0.4) is 0 Å². The van der Waals surface area contributed by atoms with Crippen molar-refractivity contribution in [2.24, 2.45) is 0 Å². The Balaban J connectivity index is 1.76. The van der Waals surface area contributed by atoms with Crippen molar-refractivity contribution in [3.05, 3.63) is 29.3 Å². The van der Waals surface area contributed by atoms with Crippen molar-refractivity contribution in [3.63, 3.8) is 0 Å². The molecule has 0 radical (unpaired) electrons. The lowest BCUT2D eigenvalue weighted by Crippen LogP contribution is -2.40. The van der Waals surface area contributed by atoms with E-state index in [1.807, 2.05) is 24.8 Å². The quantitative estimate of drug-likeness (QED) is 0.849. The number of fused-ring (bicyclic) bond motifs is 1. The van der Waals surface area contributed by atoms with Gasteiger partial charge in [0.2, 0.25) is 5.91 Å². The van der Waals surface area contributed by atoms with E-state index in [0.29, 0.717) is 12.6 Å². The number of amides is 1. The SMILES string of the molecule is CCN(CC)C(=O)CN1CCCC1c1nc2ccccc2s1. The Kier molecular flexibility index (Phi) is 4.74. The van der Waals surface area contributed by atoms with E-state index in [1.54, 1.807) is 11.3 Å². The molecular formula is C17H23N3OS. The first-order valence-electron chi connectivity index (χ1n) is 8.10. The number of likely N-dealkylation sites (N-methyl/N-ethyl adjacent to an activating group) is 1. The number of benzene rings is 1. The Hall–Kier alpha value is -1.46. The summed E-state index contributed by atoms with van der Waals surface area (Å²) in [5.74, 6) is 0.234. The second-order valence-corrected chi connectivity index (χ2v) is 6.78. The third kappa shape index (κ3) is 3.01. The summed E-state index contributed by atoms with van der Waals surface area (Å²) in [4.78, 5) is 21.4. The molecule has 2 aromatic rings. The molecule has 0 saturated carbocycles. The predicted molar refractivity (Wildman–Crippen MR) is 91.1 cm³/mol. The second-order valence-electron chi connectivity index (χ2n) is 5.71. The van der Waals surface area contributed by atoms with Crippen molar-refractivity contribution < 1.29 is 4.79 Å². The van der Waals surface area contributed by atoms with E-state index in [-0.39, 0.29) is 5.91 Å². The number of aromatic nitrogens is 1. The molecule has 0 aliphatic carbocycles. The van der Waals surface area contributed by atoms with Crippen LogP contribution in [0.5, 0.6) is 0 Å². The minimum Gasteiger partial charge on any atom is -0.342 e. The average molecular weight is 317 g/mol. The molecule has 1 aromatic heterocycles. The van der Waals surface area contributed by atoms with Gasteiger partial charge in [-0.15, -0.1) is 11.3 Å². The maximum absolute atomic E-state index is 12.4. The molecule has 0 spiro atoms. The van der Waals surface area contributed by atoms with Gasteiger partial charge in [0, 0.05) is 13.1 Å². The summed E-state index contributed by atoms with van der Waals surface area (Å²) in [6.45, 7) is 7.16. The third-order valence-electron chi connectivity index (χ3n) is 4.41. The van der Waals surface area contributed by atoms with E-state index < -0.39 is 0 Å². The molecule has 4 nitrogen and oxygen atoms in total. The zero-order chi connectivity index (χ0) is 15.5. The fourth-order valence-corrected chi connectivity index (χ4v) is 4.31. The number of carbonyl (C=O) groups is 1. The molecule has 3 rings (SSSR count). The van der Waals surface area contributed by atoms with Crippen LogP contribution < -0.4 is 0 Å². The summed E-state index contributed by atoms with van der Waals surface area (Å²) in [5, 5.41) is 1.16. The second kappa shape index (κ2) is 6.75. The number of rotatable bonds is 5. The molecule has 0 N–H and O–H groups in total. The molecule has 1 amide bonds. The molecule has 1 saturated heterocycles. The molecular weight excluding hydrogens is 294 g/mol. The molecule has 1 aliphatic rings. The van der Waals surface area contributed by atoms with E-state index in [2.05, 4.69) is 23.1 Å². The van der Waals surface area contributed by atoms with Gasteiger partial charge in [-0.1, -0.05) is 12.1 Å². The molecule has 22 heavy (non-hydrogen) atoms. The van der Waals surface area contributed by atoms with Crippen molar-refractivity contribution in [3.8, 4) is 0 Å². The van der Waals surface area contributed by atoms with Gasteiger partial charge in [-0.25, -0.2) is 4.98 Å². The van der Waals surface area contributed by atoms with E-state index in [9.17, 15) is 4.79 Å². The maximum Gasteiger partial charge on any atom is 0.236 e. The fourth-order valence-electron chi connectivity index (χ4n) is 3.18. The Morgan fingerprint density at radius 2 is 2.14 bits per heavy atom. The van der Waals surface area contributed by atoms with Gasteiger partial charge in [-0.05, 0) is 45.4 Å². The van der Waals surface area contributed by atoms with E-state index >= 15 is 0 Å². The van der Waals surface area contributed by atoms with E-state index in [0.717, 1.165) is 43.0 Å². The van der Waals surface area contributed by atoms with Crippen molar-refractivity contribution in [2.75, 3.05) is 26.2 Å². The molecule has 0 bridgehead atoms. The highest BCUT2D eigenvalue weighted by molar-refractivity contribution is 7.18. The van der Waals surface area contributed by atoms with Crippen LogP contribution in [0.15, 0.2) is 24.3 Å². The Morgan fingerprint density at radius 3 is 2.86 bits per heavy atom. The minimum atomic E-state index is 0.234. The largest absolute Gasteiger partial charge is 0.342 e. The molecule has 118 valence electrons. The number of hydrogen-bond donors (Lipinski definition) is 0. The standard InChI is InChI=1S/C17H23N3OS/c1-3-19(4-2)16(21)12-20-11-7-9-14(20)17-18-13-8-5-6-10-15(13)22-17/h5-6,8,10,14H,3-4,7,9,11-12H2,1-2H3. The summed E-state index contributed by atoms with van der Waals surface area (Å²) in [5.41, 5.74) is 1.07. The van der Waals surface area contributed by atoms with Crippen LogP contribution in [0.2, 0.25) is 0 Å². The van der Waals surface area contributed by atoms with E-state index in [1.165, 1.54) is 4.70 Å². The first-order valence-corrected chi connectivity index (χ1v) is 8.91. The number of nitrogens with zero attached hydrogens (tertiary/aromatic N) is 3. The predicted octanol–water partition coefficient (Wildman–Crippen LogP) is 3.30. The Labute approximate surface area is 135 Å². The highest BCUT2D eigenvalue weighted by Gasteiger charge is 2.30. The summed E-state index contributed by atoms with van der Waals surface area (Å²) in [7, 11) is 0. The normalized spacial score (nSPS) is 18.9. The number of para-hydroxylation sites is 1. The zero-order valence-corrected chi connectivity index (χ0v) is 14.1. The average Bonchev–Trinajstić information content (AvgIpc) is 3.14. The van der Waals surface area contributed by atoms with Gasteiger partial charge in [0.15, 0.2) is 0 Å². The molecule has 5 heteroatoms. The van der Waals surface area contributed by atoms with Gasteiger partial charge < -0.3 is 4.90 Å². The van der Waals surface area contributed by atoms with Crippen LogP contribution in [-0.2, 0) is 4.79 Å². The van der Waals surface area contributed by atoms with Gasteiger partial charge in [0.1, 0.15) is 5.01 Å². The maximum atomic E-state index is 12.4. The molecule has 1 aliphatic heterocycles. The molecule has 1 atom stereocenters. The highest BCUT2D eigenvalue weighted by Crippen LogP contribution is 2.36. The van der Waals surface area contributed by atoms with Crippen molar-refractivity contribution in [1.82, 2.24) is 14.8 Å². The topological polar surface area (TPSA) is 36.4 Å². The Morgan fingerprint density at radius 1 is 1.36 bits per heavy atom. The van der Waals surface area contributed by atoms with Crippen LogP contribution in [0.4, 0.5) is 0 Å². The lowest BCUT2D eigenvalue weighted by atomic mass is 10.2. The number of carbonyl (C=O) groups excluding carboxylic acids is 1. The van der Waals surface area contributed by atoms with Gasteiger partial charge in [-0.3, -0.25) is 9.69 Å². The van der Waals surface area contributed by atoms with Crippen molar-refractivity contribution >= 4 is 27.5 Å². The number of hydrogen-bond acceptors (Lipinski definition) is 4. The minimum absolute atomic E-state index is 0.234. The molecule has 1 unspecified atom stereocenters. The summed E-state index contributed by atoms with van der Waals surface area (Å²) >= 11 is 1.77. The highest BCUT2D eigenvalue weighted by atomic mass is 32.1. The first kappa shape index (κ1) is 15.4. The van der Waals surface area contributed by atoms with E-state index in [4.69, 9.17) is 4.98 Å². The zero-order valence-electron chi connectivity index (χ0n) is 13.3. The van der Waals surface area contributed by atoms with Gasteiger partial charge in [0.05, 0.1) is 22.8 Å². The monoisotopic (exact) mass is 317 g/mol. The van der Waals surface area contributed by atoms with Crippen LogP contribution in [0.1, 0.15) is 37.7 Å². The van der Waals surface area contributed by atoms with Crippen LogP contribution >= 0.6 is 11.3 Å². The number of likely N-dealkylation sites (tertiary alicyclic amines) is 1. The summed E-state index contributed by atoms with van der Waals surface area (Å²) < 4.78 is 1.24. The van der Waals surface area contributed by atoms with Crippen LogP contribution in [0, 0.1) is 0 Å². The third-order valence-corrected chi connectivity index (χ3v) is 5.55. The lowest BCUT2D eigenvalue weighted by Gasteiger charge is -2.26. The van der Waals surface area contributed by atoms with Crippen molar-refractivity contribution in [2.45, 2.75) is 32.7 Å². The lowest BCUT2D eigenvalue weighted by molar-refractivity contribution is -0.132. The smallest absolute Gasteiger partial charge is 0.236 e. The summed E-state index contributed by atoms with van der Waals surface area (Å²) in [6.07, 6.45) is 2.25. The molecule has 2 heterocycles. The number of thiazole rings is 1. The molecule has 1 aromatic carbocycles. The fraction of sp³-hybridized carbons (Fsp3) is 0.529. The van der Waals surface area contributed by atoms with Gasteiger partial charge in [-0.2, -0.15) is 0 Å². The van der Waals surface area contributed by atoms with Crippen molar-refractivity contribution in [1.29, 1.82) is 0 Å². The Bertz CT molecular complexity index is 617. The van der Waals surface area contributed by atoms with Crippen LogP contribution in [-0.4, -0.2) is 46.9 Å². The summed E-state index contributed by atoms with van der Waals surface area (Å²) in [6, 6.07) is 8.58. The molecule has 1 fully saturated rings. The van der Waals surface area contributed by atoms with Gasteiger partial charge >= 0.3 is 0 Å². The first-order chi connectivity index (χ1) is 10.7. The van der Waals surface area contributed by atoms with Gasteiger partial charge in [0.25, 0.3) is 0 Å².